The van der Waals surface area contributed by atoms with Crippen molar-refractivity contribution in [1.29, 1.82) is 0 Å². The molecule has 2 aromatic rings. The summed E-state index contributed by atoms with van der Waals surface area (Å²) in [5, 5.41) is 6.08. The third-order valence-electron chi connectivity index (χ3n) is 2.85. The van der Waals surface area contributed by atoms with Gasteiger partial charge in [0.25, 0.3) is 0 Å². The lowest BCUT2D eigenvalue weighted by Gasteiger charge is -2.20. The molecule has 19 heavy (non-hydrogen) atoms. The summed E-state index contributed by atoms with van der Waals surface area (Å²) in [5.74, 6) is 0. The third kappa shape index (κ3) is 3.96. The van der Waals surface area contributed by atoms with Gasteiger partial charge in [0.2, 0.25) is 0 Å². The van der Waals surface area contributed by atoms with Gasteiger partial charge in [-0.1, -0.05) is 17.7 Å². The summed E-state index contributed by atoms with van der Waals surface area (Å²) in [5.41, 5.74) is 3.54. The fourth-order valence-electron chi connectivity index (χ4n) is 1.96. The Balaban J connectivity index is 2.12. The first-order chi connectivity index (χ1) is 9.10. The van der Waals surface area contributed by atoms with Crippen LogP contribution in [-0.4, -0.2) is 14.1 Å². The van der Waals surface area contributed by atoms with Gasteiger partial charge in [-0.15, -0.1) is 11.3 Å². The molecule has 0 saturated heterocycles. The van der Waals surface area contributed by atoms with Crippen LogP contribution >= 0.6 is 38.9 Å². The minimum atomic E-state index is 0.796. The summed E-state index contributed by atoms with van der Waals surface area (Å²) < 4.78 is 1.16. The average Bonchev–Trinajstić information content (AvgIpc) is 2.75. The van der Waals surface area contributed by atoms with Gasteiger partial charge in [-0.25, -0.2) is 0 Å². The molecule has 0 aliphatic rings. The summed E-state index contributed by atoms with van der Waals surface area (Å²) in [6.45, 7) is 1.69. The molecule has 0 aliphatic heterocycles. The van der Waals surface area contributed by atoms with E-state index in [0.717, 1.165) is 27.6 Å². The van der Waals surface area contributed by atoms with Crippen LogP contribution < -0.4 is 10.2 Å². The number of anilines is 1. The zero-order chi connectivity index (χ0) is 13.8. The molecule has 0 saturated carbocycles. The molecule has 5 heteroatoms. The lowest BCUT2D eigenvalue weighted by atomic mass is 10.2. The lowest BCUT2D eigenvalue weighted by molar-refractivity contribution is 0.817. The van der Waals surface area contributed by atoms with E-state index >= 15 is 0 Å². The molecule has 102 valence electrons. The Hall–Kier alpha value is -0.550. The summed E-state index contributed by atoms with van der Waals surface area (Å²) in [4.78, 5) is 2.17. The van der Waals surface area contributed by atoms with E-state index in [-0.39, 0.29) is 0 Å². The van der Waals surface area contributed by atoms with Crippen molar-refractivity contribution in [3.05, 3.63) is 49.6 Å². The van der Waals surface area contributed by atoms with Gasteiger partial charge in [-0.05, 0) is 57.7 Å². The third-order valence-corrected chi connectivity index (χ3v) is 4.70. The number of thiophene rings is 1. The highest BCUT2D eigenvalue weighted by molar-refractivity contribution is 9.11. The van der Waals surface area contributed by atoms with E-state index in [1.165, 1.54) is 11.1 Å². The van der Waals surface area contributed by atoms with Gasteiger partial charge in [-0.3, -0.25) is 0 Å². The molecule has 0 bridgehead atoms. The molecule has 2 rings (SSSR count). The number of hydrogen-bond acceptors (Lipinski definition) is 3. The topological polar surface area (TPSA) is 15.3 Å². The molecule has 0 aliphatic carbocycles. The second-order valence-corrected chi connectivity index (χ2v) is 7.13. The molecule has 0 unspecified atom stereocenters. The normalized spacial score (nSPS) is 10.7. The molecule has 1 aromatic carbocycles. The van der Waals surface area contributed by atoms with Gasteiger partial charge in [0.1, 0.15) is 0 Å². The van der Waals surface area contributed by atoms with Crippen LogP contribution in [0.1, 0.15) is 11.1 Å². The second kappa shape index (κ2) is 6.75. The van der Waals surface area contributed by atoms with Gasteiger partial charge in [0.15, 0.2) is 0 Å². The van der Waals surface area contributed by atoms with Crippen LogP contribution in [0.3, 0.4) is 0 Å². The summed E-state index contributed by atoms with van der Waals surface area (Å²) in [6, 6.07) is 8.35. The van der Waals surface area contributed by atoms with E-state index in [1.807, 2.05) is 13.1 Å². The molecule has 2 nitrogen and oxygen atoms in total. The van der Waals surface area contributed by atoms with Crippen LogP contribution in [0.5, 0.6) is 0 Å². The number of benzene rings is 1. The first kappa shape index (κ1) is 14.9. The van der Waals surface area contributed by atoms with E-state index in [1.54, 1.807) is 11.3 Å². The highest BCUT2D eigenvalue weighted by Gasteiger charge is 2.08. The number of hydrogen-bond donors (Lipinski definition) is 1. The molecule has 0 amide bonds. The lowest BCUT2D eigenvalue weighted by Crippen LogP contribution is -2.16. The number of rotatable bonds is 5. The van der Waals surface area contributed by atoms with E-state index in [0.29, 0.717) is 0 Å². The van der Waals surface area contributed by atoms with Crippen molar-refractivity contribution in [2.24, 2.45) is 0 Å². The highest BCUT2D eigenvalue weighted by Crippen LogP contribution is 2.28. The summed E-state index contributed by atoms with van der Waals surface area (Å²) in [6.07, 6.45) is 0. The van der Waals surface area contributed by atoms with Crippen molar-refractivity contribution < 1.29 is 0 Å². The molecule has 0 atom stereocenters. The maximum Gasteiger partial charge on any atom is 0.0701 e. The number of nitrogens with zero attached hydrogens (tertiary/aromatic N) is 1. The van der Waals surface area contributed by atoms with Crippen molar-refractivity contribution in [2.45, 2.75) is 13.1 Å². The first-order valence-corrected chi connectivity index (χ1v) is 8.02. The predicted octanol–water partition coefficient (Wildman–Crippen LogP) is 4.52. The summed E-state index contributed by atoms with van der Waals surface area (Å²) in [7, 11) is 3.99. The van der Waals surface area contributed by atoms with Gasteiger partial charge >= 0.3 is 0 Å². The van der Waals surface area contributed by atoms with E-state index in [4.69, 9.17) is 11.6 Å². The van der Waals surface area contributed by atoms with Crippen molar-refractivity contribution in [2.75, 3.05) is 19.0 Å². The Kier molecular flexibility index (Phi) is 5.28. The zero-order valence-corrected chi connectivity index (χ0v) is 14.1. The highest BCUT2D eigenvalue weighted by atomic mass is 79.9. The van der Waals surface area contributed by atoms with Crippen molar-refractivity contribution in [3.63, 3.8) is 0 Å². The van der Waals surface area contributed by atoms with Gasteiger partial charge in [0, 0.05) is 20.1 Å². The van der Waals surface area contributed by atoms with E-state index < -0.39 is 0 Å². The smallest absolute Gasteiger partial charge is 0.0701 e. The minimum Gasteiger partial charge on any atom is -0.369 e. The number of nitrogens with one attached hydrogen (secondary N) is 1. The van der Waals surface area contributed by atoms with Crippen LogP contribution in [0.25, 0.3) is 0 Å². The fourth-order valence-corrected chi connectivity index (χ4v) is 3.51. The molecule has 0 fully saturated rings. The largest absolute Gasteiger partial charge is 0.369 e. The quantitative estimate of drug-likeness (QED) is 0.844. The van der Waals surface area contributed by atoms with Crippen LogP contribution in [0, 0.1) is 0 Å². The molecule has 0 spiro atoms. The standard InChI is InChI=1S/C14H16BrClN2S/c1-17-7-10-3-4-13(12(16)5-10)18(2)8-11-6-14(15)19-9-11/h3-6,9,17H,7-8H2,1-2H3. The van der Waals surface area contributed by atoms with Crippen molar-refractivity contribution >= 4 is 44.6 Å². The fraction of sp³-hybridized carbons (Fsp3) is 0.286. The average molecular weight is 360 g/mol. The monoisotopic (exact) mass is 358 g/mol. The summed E-state index contributed by atoms with van der Waals surface area (Å²) >= 11 is 11.5. The van der Waals surface area contributed by atoms with Crippen molar-refractivity contribution in [3.8, 4) is 0 Å². The Bertz CT molecular complexity index is 556. The minimum absolute atomic E-state index is 0.796. The molecular weight excluding hydrogens is 344 g/mol. The van der Waals surface area contributed by atoms with Gasteiger partial charge < -0.3 is 10.2 Å². The molecule has 0 radical (unpaired) electrons. The Morgan fingerprint density at radius 1 is 1.32 bits per heavy atom. The molecular formula is C14H16BrClN2S. The first-order valence-electron chi connectivity index (χ1n) is 5.97. The van der Waals surface area contributed by atoms with Crippen LogP contribution in [0.2, 0.25) is 5.02 Å². The SMILES string of the molecule is CNCc1ccc(N(C)Cc2csc(Br)c2)c(Cl)c1. The second-order valence-electron chi connectivity index (χ2n) is 4.43. The van der Waals surface area contributed by atoms with Crippen molar-refractivity contribution in [1.82, 2.24) is 5.32 Å². The zero-order valence-electron chi connectivity index (χ0n) is 10.9. The Morgan fingerprint density at radius 3 is 2.68 bits per heavy atom. The maximum atomic E-state index is 6.36. The molecule has 1 N–H and O–H groups in total. The maximum absolute atomic E-state index is 6.36. The van der Waals surface area contributed by atoms with Crippen LogP contribution in [0.4, 0.5) is 5.69 Å². The number of halogens is 2. The van der Waals surface area contributed by atoms with E-state index in [2.05, 4.69) is 56.8 Å². The predicted molar refractivity (Wildman–Crippen MR) is 88.3 cm³/mol. The van der Waals surface area contributed by atoms with E-state index in [9.17, 15) is 0 Å². The van der Waals surface area contributed by atoms with Gasteiger partial charge in [-0.2, -0.15) is 0 Å². The molecule has 1 aromatic heterocycles. The van der Waals surface area contributed by atoms with Crippen LogP contribution in [0.15, 0.2) is 33.4 Å². The van der Waals surface area contributed by atoms with Crippen LogP contribution in [-0.2, 0) is 13.1 Å². The molecule has 1 heterocycles. The Labute approximate surface area is 131 Å². The Morgan fingerprint density at radius 2 is 2.11 bits per heavy atom. The van der Waals surface area contributed by atoms with Gasteiger partial charge in [0.05, 0.1) is 14.5 Å².